The van der Waals surface area contributed by atoms with Crippen LogP contribution in [0.5, 0.6) is 0 Å². The van der Waals surface area contributed by atoms with Crippen LogP contribution >= 0.6 is 11.3 Å². The lowest BCUT2D eigenvalue weighted by molar-refractivity contribution is -0.276. The van der Waals surface area contributed by atoms with Gasteiger partial charge in [0, 0.05) is 49.7 Å². The first kappa shape index (κ1) is 35.1. The van der Waals surface area contributed by atoms with Crippen LogP contribution in [-0.4, -0.2) is 104 Å². The number of piperazine rings is 1. The highest BCUT2D eigenvalue weighted by Gasteiger charge is 2.54. The molecule has 1 aromatic heterocycles. The highest BCUT2D eigenvalue weighted by molar-refractivity contribution is 7.10. The number of hydroxylamine groups is 2. The average molecular weight is 642 g/mol. The van der Waals surface area contributed by atoms with E-state index < -0.39 is 24.2 Å². The summed E-state index contributed by atoms with van der Waals surface area (Å²) in [5, 5.41) is 12.7. The molecule has 0 bridgehead atoms. The molecule has 3 fully saturated rings. The number of thiazole rings is 1. The van der Waals surface area contributed by atoms with Crippen molar-refractivity contribution in [2.75, 3.05) is 26.2 Å². The van der Waals surface area contributed by atoms with E-state index in [1.165, 1.54) is 22.5 Å². The summed E-state index contributed by atoms with van der Waals surface area (Å²) in [6.45, 7) is 16.8. The molecule has 1 N–H and O–H groups in total. The Labute approximate surface area is 272 Å². The molecule has 0 spiro atoms. The number of hydrogen-bond donors (Lipinski definition) is 1. The average Bonchev–Trinajstić information content (AvgIpc) is 3.43. The quantitative estimate of drug-likeness (QED) is 0.245. The van der Waals surface area contributed by atoms with Crippen molar-refractivity contribution in [2.45, 2.75) is 117 Å². The number of amides is 3. The van der Waals surface area contributed by atoms with E-state index in [0.29, 0.717) is 42.4 Å². The van der Waals surface area contributed by atoms with Crippen molar-refractivity contribution in [2.24, 2.45) is 11.3 Å². The fourth-order valence-electron chi connectivity index (χ4n) is 6.32. The molecule has 3 saturated heterocycles. The van der Waals surface area contributed by atoms with Crippen LogP contribution in [0.25, 0.3) is 6.08 Å². The summed E-state index contributed by atoms with van der Waals surface area (Å²) in [6, 6.07) is -0.190. The summed E-state index contributed by atoms with van der Waals surface area (Å²) in [5.74, 6) is 5.50. The second-order valence-corrected chi connectivity index (χ2v) is 15.2. The van der Waals surface area contributed by atoms with Crippen molar-refractivity contribution in [3.05, 3.63) is 22.2 Å². The molecule has 0 saturated carbocycles. The summed E-state index contributed by atoms with van der Waals surface area (Å²) in [6.07, 6.45) is 5.34. The Morgan fingerprint density at radius 2 is 1.89 bits per heavy atom. The van der Waals surface area contributed by atoms with Gasteiger partial charge in [0.2, 0.25) is 5.91 Å². The van der Waals surface area contributed by atoms with Gasteiger partial charge < -0.3 is 19.8 Å². The summed E-state index contributed by atoms with van der Waals surface area (Å²) in [4.78, 5) is 59.0. The number of aliphatic hydroxyl groups excluding tert-OH is 1. The minimum Gasteiger partial charge on any atom is -0.396 e. The van der Waals surface area contributed by atoms with Crippen molar-refractivity contribution in [3.63, 3.8) is 0 Å². The van der Waals surface area contributed by atoms with Crippen molar-refractivity contribution >= 4 is 35.1 Å². The molecule has 0 aliphatic carbocycles. The number of hydrogen-bond acceptors (Lipinski definition) is 8. The largest absolute Gasteiger partial charge is 0.396 e. The van der Waals surface area contributed by atoms with E-state index in [0.717, 1.165) is 25.9 Å². The van der Waals surface area contributed by atoms with E-state index in [4.69, 9.17) is 9.94 Å². The van der Waals surface area contributed by atoms with Crippen molar-refractivity contribution in [3.8, 4) is 11.8 Å². The van der Waals surface area contributed by atoms with Gasteiger partial charge in [-0.1, -0.05) is 40.5 Å². The fourth-order valence-corrected chi connectivity index (χ4v) is 6.96. The summed E-state index contributed by atoms with van der Waals surface area (Å²) in [7, 11) is 0. The molecule has 3 aliphatic heterocycles. The number of fused-ring (bicyclic) bond motifs is 1. The number of rotatable bonds is 9. The maximum atomic E-state index is 14.3. The topological polar surface area (TPSA) is 107 Å². The molecule has 45 heavy (non-hydrogen) atoms. The highest BCUT2D eigenvalue weighted by atomic mass is 32.1. The molecule has 4 heterocycles. The van der Waals surface area contributed by atoms with Crippen molar-refractivity contribution < 1.29 is 24.3 Å². The Kier molecular flexibility index (Phi) is 11.9. The minimum absolute atomic E-state index is 0.0268. The number of unbranched alkanes of at least 4 members (excludes halogenated alkanes) is 1. The van der Waals surface area contributed by atoms with Gasteiger partial charge in [-0.3, -0.25) is 19.2 Å². The Balaban J connectivity index is 1.63. The molecule has 0 aromatic carbocycles. The van der Waals surface area contributed by atoms with E-state index in [1.54, 1.807) is 11.0 Å². The van der Waals surface area contributed by atoms with Gasteiger partial charge in [0.1, 0.15) is 16.7 Å². The molecule has 248 valence electrons. The molecule has 3 amide bonds. The summed E-state index contributed by atoms with van der Waals surface area (Å²) < 4.78 is 0. The molecule has 10 nitrogen and oxygen atoms in total. The Hall–Kier alpha value is -2.78. The third-order valence-corrected chi connectivity index (χ3v) is 9.38. The number of aliphatic hydroxyl groups is 1. The van der Waals surface area contributed by atoms with Gasteiger partial charge in [-0.05, 0) is 69.3 Å². The normalized spacial score (nSPS) is 23.7. The van der Waals surface area contributed by atoms with E-state index in [2.05, 4.69) is 56.3 Å². The smallest absolute Gasteiger partial charge is 0.272 e. The Morgan fingerprint density at radius 3 is 2.51 bits per heavy atom. The van der Waals surface area contributed by atoms with Crippen LogP contribution in [0.3, 0.4) is 0 Å². The van der Waals surface area contributed by atoms with Crippen LogP contribution in [0.1, 0.15) is 97.7 Å². The lowest BCUT2D eigenvalue weighted by atomic mass is 9.84. The van der Waals surface area contributed by atoms with E-state index in [9.17, 15) is 14.4 Å². The lowest BCUT2D eigenvalue weighted by Gasteiger charge is -2.55. The second kappa shape index (κ2) is 15.2. The Morgan fingerprint density at radius 1 is 1.18 bits per heavy atom. The van der Waals surface area contributed by atoms with Gasteiger partial charge in [-0.2, -0.15) is 5.06 Å². The fraction of sp³-hybridized carbons (Fsp3) is 0.706. The minimum atomic E-state index is -0.852. The van der Waals surface area contributed by atoms with Gasteiger partial charge >= 0.3 is 0 Å². The Bertz CT molecular complexity index is 1280. The molecular formula is C34H51N5O5S. The van der Waals surface area contributed by atoms with Crippen LogP contribution in [0.2, 0.25) is 0 Å². The SMILES string of the molecule is CC(C)C[C@H]1ON(C(=O)/C=C/c2nc(C#CCCCO)cs2)[C@H]2CN(C3CCN(C(C)C)CC3)C(=O)[C@H](CC(C)(C)C)N2C1=O. The monoisotopic (exact) mass is 641 g/mol. The van der Waals surface area contributed by atoms with Gasteiger partial charge in [0.15, 0.2) is 12.3 Å². The number of nitrogens with zero attached hydrogens (tertiary/aromatic N) is 5. The van der Waals surface area contributed by atoms with E-state index >= 15 is 0 Å². The number of likely N-dealkylation sites (tertiary alicyclic amines) is 1. The first-order valence-corrected chi connectivity index (χ1v) is 17.3. The van der Waals surface area contributed by atoms with Crippen LogP contribution in [0.15, 0.2) is 11.5 Å². The van der Waals surface area contributed by atoms with Gasteiger partial charge in [-0.15, -0.1) is 11.3 Å². The second-order valence-electron chi connectivity index (χ2n) is 14.3. The number of carbonyl (C=O) groups is 3. The van der Waals surface area contributed by atoms with Gasteiger partial charge in [-0.25, -0.2) is 4.98 Å². The van der Waals surface area contributed by atoms with E-state index in [1.807, 2.05) is 24.1 Å². The van der Waals surface area contributed by atoms with Crippen molar-refractivity contribution in [1.82, 2.24) is 24.7 Å². The van der Waals surface area contributed by atoms with Gasteiger partial charge in [0.25, 0.3) is 11.8 Å². The molecule has 1 aromatic rings. The zero-order valence-electron chi connectivity index (χ0n) is 28.0. The zero-order valence-corrected chi connectivity index (χ0v) is 28.8. The molecule has 4 rings (SSSR count). The van der Waals surface area contributed by atoms with Crippen LogP contribution in [0.4, 0.5) is 0 Å². The first-order chi connectivity index (χ1) is 21.3. The molecular weight excluding hydrogens is 590 g/mol. The molecule has 11 heteroatoms. The summed E-state index contributed by atoms with van der Waals surface area (Å²) >= 11 is 1.38. The molecule has 0 unspecified atom stereocenters. The third kappa shape index (κ3) is 8.94. The maximum Gasteiger partial charge on any atom is 0.272 e. The molecule has 0 radical (unpaired) electrons. The predicted molar refractivity (Wildman–Crippen MR) is 175 cm³/mol. The standard InChI is InChI=1S/C34H51N5O5S/c1-23(2)19-28-33(43)38-27(20-34(5,6)7)32(42)37(26-14-16-36(17-15-26)24(3)4)21-30(38)39(44-28)31(41)13-12-29-35-25(22-45-29)11-9-8-10-18-40/h12-13,22-24,26-28,30,40H,8,10,14-21H2,1-7H3/b13-12+/t27-,28+,30-/m0/s1. The third-order valence-electron chi connectivity index (χ3n) is 8.57. The van der Waals surface area contributed by atoms with Crippen LogP contribution in [0, 0.1) is 23.2 Å². The molecule has 3 atom stereocenters. The lowest BCUT2D eigenvalue weighted by Crippen LogP contribution is -2.74. The van der Waals surface area contributed by atoms with Crippen molar-refractivity contribution in [1.29, 1.82) is 0 Å². The maximum absolute atomic E-state index is 14.3. The number of aromatic nitrogens is 1. The molecule has 3 aliphatic rings. The van der Waals surface area contributed by atoms with Crippen LogP contribution in [-0.2, 0) is 19.2 Å². The summed E-state index contributed by atoms with van der Waals surface area (Å²) in [5.41, 5.74) is 0.391. The number of piperidine rings is 1. The van der Waals surface area contributed by atoms with Gasteiger partial charge in [0.05, 0.1) is 6.54 Å². The number of carbonyl (C=O) groups excluding carboxylic acids is 3. The predicted octanol–water partition coefficient (Wildman–Crippen LogP) is 4.14. The zero-order chi connectivity index (χ0) is 32.9. The first-order valence-electron chi connectivity index (χ1n) is 16.4. The van der Waals surface area contributed by atoms with Crippen LogP contribution < -0.4 is 0 Å². The van der Waals surface area contributed by atoms with E-state index in [-0.39, 0.29) is 42.3 Å². The highest BCUT2D eigenvalue weighted by Crippen LogP contribution is 2.36.